The van der Waals surface area contributed by atoms with Gasteiger partial charge in [0.05, 0.1) is 12.8 Å². The summed E-state index contributed by atoms with van der Waals surface area (Å²) in [4.78, 5) is 14.1. The lowest BCUT2D eigenvalue weighted by Crippen LogP contribution is -2.44. The van der Waals surface area contributed by atoms with Crippen LogP contribution in [0.3, 0.4) is 0 Å². The van der Waals surface area contributed by atoms with E-state index in [1.807, 2.05) is 24.3 Å². The lowest BCUT2D eigenvalue weighted by Gasteiger charge is -2.32. The van der Waals surface area contributed by atoms with Crippen molar-refractivity contribution < 1.29 is 14.3 Å². The van der Waals surface area contributed by atoms with E-state index in [0.717, 1.165) is 17.0 Å². The third-order valence-electron chi connectivity index (χ3n) is 3.82. The molecule has 0 bridgehead atoms. The van der Waals surface area contributed by atoms with Crippen LogP contribution in [0.4, 0.5) is 11.4 Å². The van der Waals surface area contributed by atoms with Crippen molar-refractivity contribution >= 4 is 17.3 Å². The van der Waals surface area contributed by atoms with Gasteiger partial charge < -0.3 is 20.1 Å². The normalized spacial score (nSPS) is 16.9. The van der Waals surface area contributed by atoms with Crippen LogP contribution in [0.15, 0.2) is 42.5 Å². The van der Waals surface area contributed by atoms with Crippen LogP contribution < -0.4 is 20.1 Å². The Morgan fingerprint density at radius 1 is 1.27 bits per heavy atom. The summed E-state index contributed by atoms with van der Waals surface area (Å²) in [5, 5.41) is 0. The number of benzene rings is 2. The van der Waals surface area contributed by atoms with E-state index in [0.29, 0.717) is 17.9 Å². The van der Waals surface area contributed by atoms with Gasteiger partial charge in [-0.2, -0.15) is 0 Å². The number of likely N-dealkylation sites (N-methyl/N-ethyl adjacent to an activating group) is 1. The van der Waals surface area contributed by atoms with E-state index in [9.17, 15) is 4.79 Å². The van der Waals surface area contributed by atoms with Gasteiger partial charge in [0.25, 0.3) is 5.91 Å². The summed E-state index contributed by atoms with van der Waals surface area (Å²) in [6.07, 6.45) is -0.142. The minimum atomic E-state index is -0.587. The quantitative estimate of drug-likeness (QED) is 0.883. The first kappa shape index (κ1) is 14.3. The lowest BCUT2D eigenvalue weighted by molar-refractivity contribution is -0.125. The predicted molar refractivity (Wildman–Crippen MR) is 85.4 cm³/mol. The number of methoxy groups -OCH3 is 1. The highest BCUT2D eigenvalue weighted by Crippen LogP contribution is 2.36. The molecule has 3 rings (SSSR count). The van der Waals surface area contributed by atoms with E-state index in [1.165, 1.54) is 0 Å². The molecule has 0 radical (unpaired) electrons. The maximum Gasteiger partial charge on any atom is 0.268 e. The summed E-state index contributed by atoms with van der Waals surface area (Å²) >= 11 is 0. The van der Waals surface area contributed by atoms with Crippen molar-refractivity contribution in [1.29, 1.82) is 0 Å². The number of amides is 1. The summed E-state index contributed by atoms with van der Waals surface area (Å²) < 4.78 is 11.2. The monoisotopic (exact) mass is 298 g/mol. The minimum absolute atomic E-state index is 0.0804. The topological polar surface area (TPSA) is 64.8 Å². The van der Waals surface area contributed by atoms with Gasteiger partial charge in [-0.3, -0.25) is 4.79 Å². The number of nitrogen functional groups attached to an aromatic ring is 1. The highest BCUT2D eigenvalue weighted by molar-refractivity contribution is 6.00. The number of anilines is 2. The second-order valence-electron chi connectivity index (χ2n) is 5.25. The fourth-order valence-corrected chi connectivity index (χ4v) is 2.64. The molecule has 0 aromatic heterocycles. The van der Waals surface area contributed by atoms with Gasteiger partial charge in [-0.25, -0.2) is 0 Å². The van der Waals surface area contributed by atoms with Crippen molar-refractivity contribution in [3.05, 3.63) is 48.0 Å². The average molecular weight is 298 g/mol. The molecule has 2 aromatic rings. The van der Waals surface area contributed by atoms with E-state index >= 15 is 0 Å². The number of carbonyl (C=O) groups excluding carboxylic acids is 1. The molecule has 0 saturated carbocycles. The summed E-state index contributed by atoms with van der Waals surface area (Å²) in [6, 6.07) is 12.9. The molecule has 0 spiro atoms. The number of hydrogen-bond donors (Lipinski definition) is 1. The SMILES string of the molecule is COc1ccccc1CC1Oc2cc(N)ccc2N(C)C1=O. The van der Waals surface area contributed by atoms with Crippen LogP contribution in [0.2, 0.25) is 0 Å². The fourth-order valence-electron chi connectivity index (χ4n) is 2.64. The number of nitrogens with two attached hydrogens (primary N) is 1. The zero-order valence-electron chi connectivity index (χ0n) is 12.6. The van der Waals surface area contributed by atoms with Gasteiger partial charge in [0.2, 0.25) is 0 Å². The Morgan fingerprint density at radius 3 is 2.82 bits per heavy atom. The molecular formula is C17H18N2O3. The lowest BCUT2D eigenvalue weighted by atomic mass is 10.0. The first-order chi connectivity index (χ1) is 10.6. The largest absolute Gasteiger partial charge is 0.496 e. The van der Waals surface area contributed by atoms with Gasteiger partial charge in [-0.05, 0) is 23.8 Å². The van der Waals surface area contributed by atoms with E-state index < -0.39 is 6.10 Å². The van der Waals surface area contributed by atoms with Crippen molar-refractivity contribution in [1.82, 2.24) is 0 Å². The van der Waals surface area contributed by atoms with Crippen LogP contribution in [0.5, 0.6) is 11.5 Å². The molecule has 114 valence electrons. The summed E-state index contributed by atoms with van der Waals surface area (Å²) in [5.41, 5.74) is 8.08. The maximum absolute atomic E-state index is 12.5. The summed E-state index contributed by atoms with van der Waals surface area (Å²) in [7, 11) is 3.36. The number of hydrogen-bond acceptors (Lipinski definition) is 4. The number of fused-ring (bicyclic) bond motifs is 1. The van der Waals surface area contributed by atoms with Gasteiger partial charge in [-0.1, -0.05) is 18.2 Å². The number of nitrogens with zero attached hydrogens (tertiary/aromatic N) is 1. The fraction of sp³-hybridized carbons (Fsp3) is 0.235. The maximum atomic E-state index is 12.5. The molecule has 0 aliphatic carbocycles. The smallest absolute Gasteiger partial charge is 0.268 e. The molecule has 1 amide bonds. The van der Waals surface area contributed by atoms with E-state index in [2.05, 4.69) is 0 Å². The number of carbonyl (C=O) groups is 1. The molecule has 5 heteroatoms. The summed E-state index contributed by atoms with van der Waals surface area (Å²) in [6.45, 7) is 0. The first-order valence-corrected chi connectivity index (χ1v) is 7.06. The van der Waals surface area contributed by atoms with E-state index in [1.54, 1.807) is 37.3 Å². The van der Waals surface area contributed by atoms with Crippen molar-refractivity contribution in [2.45, 2.75) is 12.5 Å². The minimum Gasteiger partial charge on any atom is -0.496 e. The van der Waals surface area contributed by atoms with Crippen LogP contribution in [0.25, 0.3) is 0 Å². The zero-order valence-corrected chi connectivity index (χ0v) is 12.6. The Balaban J connectivity index is 1.91. The van der Waals surface area contributed by atoms with Crippen molar-refractivity contribution in [3.8, 4) is 11.5 Å². The standard InChI is InChI=1S/C17H18N2O3/c1-19-13-8-7-12(18)10-15(13)22-16(17(19)20)9-11-5-3-4-6-14(11)21-2/h3-8,10,16H,9,18H2,1-2H3. The molecule has 2 N–H and O–H groups in total. The second kappa shape index (κ2) is 5.60. The Hall–Kier alpha value is -2.69. The molecule has 0 fully saturated rings. The molecule has 22 heavy (non-hydrogen) atoms. The summed E-state index contributed by atoms with van der Waals surface area (Å²) in [5.74, 6) is 1.30. The average Bonchev–Trinajstić information content (AvgIpc) is 2.52. The second-order valence-corrected chi connectivity index (χ2v) is 5.25. The Morgan fingerprint density at radius 2 is 2.05 bits per heavy atom. The van der Waals surface area contributed by atoms with Gasteiger partial charge in [0.15, 0.2) is 6.10 Å². The number of para-hydroxylation sites is 1. The third-order valence-corrected chi connectivity index (χ3v) is 3.82. The van der Waals surface area contributed by atoms with Gasteiger partial charge in [0.1, 0.15) is 11.5 Å². The Bertz CT molecular complexity index is 715. The Kier molecular flexibility index (Phi) is 3.63. The third kappa shape index (κ3) is 2.45. The van der Waals surface area contributed by atoms with E-state index in [-0.39, 0.29) is 5.91 Å². The van der Waals surface area contributed by atoms with Crippen LogP contribution in [0.1, 0.15) is 5.56 Å². The molecule has 1 aliphatic rings. The highest BCUT2D eigenvalue weighted by Gasteiger charge is 2.32. The van der Waals surface area contributed by atoms with Gasteiger partial charge >= 0.3 is 0 Å². The molecule has 1 atom stereocenters. The van der Waals surface area contributed by atoms with Gasteiger partial charge in [0, 0.05) is 25.2 Å². The molecular weight excluding hydrogens is 280 g/mol. The van der Waals surface area contributed by atoms with Crippen LogP contribution in [-0.4, -0.2) is 26.2 Å². The van der Waals surface area contributed by atoms with Crippen LogP contribution >= 0.6 is 0 Å². The van der Waals surface area contributed by atoms with E-state index in [4.69, 9.17) is 15.2 Å². The zero-order chi connectivity index (χ0) is 15.7. The predicted octanol–water partition coefficient (Wildman–Crippen LogP) is 2.24. The highest BCUT2D eigenvalue weighted by atomic mass is 16.5. The first-order valence-electron chi connectivity index (χ1n) is 7.06. The van der Waals surface area contributed by atoms with Crippen molar-refractivity contribution in [2.24, 2.45) is 0 Å². The molecule has 1 unspecified atom stereocenters. The van der Waals surface area contributed by atoms with Crippen LogP contribution in [0, 0.1) is 0 Å². The van der Waals surface area contributed by atoms with Crippen LogP contribution in [-0.2, 0) is 11.2 Å². The molecule has 1 heterocycles. The molecule has 5 nitrogen and oxygen atoms in total. The van der Waals surface area contributed by atoms with Crippen molar-refractivity contribution in [2.75, 3.05) is 24.8 Å². The molecule has 0 saturated heterocycles. The van der Waals surface area contributed by atoms with Gasteiger partial charge in [-0.15, -0.1) is 0 Å². The molecule has 2 aromatic carbocycles. The molecule has 1 aliphatic heterocycles. The Labute approximate surface area is 129 Å². The van der Waals surface area contributed by atoms with Crippen molar-refractivity contribution in [3.63, 3.8) is 0 Å². The number of rotatable bonds is 3. The number of ether oxygens (including phenoxy) is 2.